The van der Waals surface area contributed by atoms with Gasteiger partial charge in [-0.1, -0.05) is 6.07 Å². The van der Waals surface area contributed by atoms with Crippen LogP contribution in [0.3, 0.4) is 0 Å². The minimum absolute atomic E-state index is 0.0463. The zero-order valence-electron chi connectivity index (χ0n) is 14.9. The van der Waals surface area contributed by atoms with Gasteiger partial charge in [-0.15, -0.1) is 0 Å². The minimum atomic E-state index is -4.77. The molecule has 27 heavy (non-hydrogen) atoms. The molecular formula is C15H20F4N4O4. The number of amides is 2. The lowest BCUT2D eigenvalue weighted by Crippen LogP contribution is -2.36. The Morgan fingerprint density at radius 2 is 1.78 bits per heavy atom. The number of benzene rings is 1. The number of hydrogen-bond donors (Lipinski definition) is 4. The second-order valence-corrected chi connectivity index (χ2v) is 5.95. The summed E-state index contributed by atoms with van der Waals surface area (Å²) < 4.78 is 54.7. The number of hydrazine groups is 1. The summed E-state index contributed by atoms with van der Waals surface area (Å²) in [5, 5.41) is 11.6. The number of hydrazone groups is 1. The molecule has 12 heteroatoms. The molecular weight excluding hydrogens is 376 g/mol. The Labute approximate surface area is 152 Å². The fourth-order valence-corrected chi connectivity index (χ4v) is 1.47. The van der Waals surface area contributed by atoms with Crippen LogP contribution in [0.4, 0.5) is 27.2 Å². The summed E-state index contributed by atoms with van der Waals surface area (Å²) in [5.74, 6) is 3.31. The highest BCUT2D eigenvalue weighted by Crippen LogP contribution is 2.31. The Morgan fingerprint density at radius 1 is 1.22 bits per heavy atom. The van der Waals surface area contributed by atoms with Crippen LogP contribution in [0.15, 0.2) is 23.3 Å². The van der Waals surface area contributed by atoms with Crippen molar-refractivity contribution in [3.05, 3.63) is 35.1 Å². The molecule has 0 heterocycles. The molecule has 1 aromatic carbocycles. The third-order valence-corrected chi connectivity index (χ3v) is 2.53. The Hall–Kier alpha value is -2.89. The van der Waals surface area contributed by atoms with E-state index in [1.54, 1.807) is 26.2 Å². The van der Waals surface area contributed by atoms with Crippen molar-refractivity contribution < 1.29 is 37.0 Å². The van der Waals surface area contributed by atoms with Crippen LogP contribution < -0.4 is 16.7 Å². The van der Waals surface area contributed by atoms with E-state index in [1.807, 2.05) is 5.43 Å². The summed E-state index contributed by atoms with van der Waals surface area (Å²) in [6, 6.07) is 2.23. The van der Waals surface area contributed by atoms with Gasteiger partial charge in [0.15, 0.2) is 0 Å². The molecule has 0 unspecified atom stereocenters. The number of nitrogens with one attached hydrogen (secondary N) is 2. The molecule has 0 fully saturated rings. The van der Waals surface area contributed by atoms with Crippen molar-refractivity contribution in [3.63, 3.8) is 0 Å². The number of nitrogens with zero attached hydrogens (tertiary/aromatic N) is 1. The Morgan fingerprint density at radius 3 is 2.11 bits per heavy atom. The number of hydrogen-bond acceptors (Lipinski definition) is 5. The maximum atomic E-state index is 13.2. The first-order valence-electron chi connectivity index (χ1n) is 7.27. The fraction of sp³-hybridized carbons (Fsp3) is 0.400. The van der Waals surface area contributed by atoms with Crippen molar-refractivity contribution >= 4 is 17.9 Å². The van der Waals surface area contributed by atoms with Crippen LogP contribution in [-0.2, 0) is 10.9 Å². The molecule has 0 spiro atoms. The topological polar surface area (TPSA) is 126 Å². The van der Waals surface area contributed by atoms with Crippen molar-refractivity contribution in [2.45, 2.75) is 39.5 Å². The lowest BCUT2D eigenvalue weighted by Gasteiger charge is -2.18. The standard InChI is InChI=1S/C10H8F4N2O2.C5H12N2O2/c1-5(15-16-9(17)18)6-2-3-7(8(11)4-6)10(12,13)14;1-5(2,3)9-4(8)7-6/h2-4,16H,1H3,(H,17,18);6H2,1-3H3,(H,7,8). The quantitative estimate of drug-likeness (QED) is 0.201. The maximum absolute atomic E-state index is 13.2. The van der Waals surface area contributed by atoms with E-state index in [1.165, 1.54) is 6.92 Å². The summed E-state index contributed by atoms with van der Waals surface area (Å²) in [4.78, 5) is 20.5. The van der Waals surface area contributed by atoms with E-state index in [9.17, 15) is 27.2 Å². The van der Waals surface area contributed by atoms with Crippen LogP contribution in [0.25, 0.3) is 0 Å². The van der Waals surface area contributed by atoms with Crippen LogP contribution in [-0.4, -0.2) is 28.6 Å². The van der Waals surface area contributed by atoms with Crippen molar-refractivity contribution in [2.75, 3.05) is 0 Å². The molecule has 0 aromatic heterocycles. The van der Waals surface area contributed by atoms with E-state index in [2.05, 4.69) is 5.10 Å². The molecule has 0 saturated heterocycles. The summed E-state index contributed by atoms with van der Waals surface area (Å²) in [6.07, 6.45) is -6.81. The van der Waals surface area contributed by atoms with Gasteiger partial charge in [0, 0.05) is 5.56 Å². The van der Waals surface area contributed by atoms with Gasteiger partial charge in [0.1, 0.15) is 11.4 Å². The van der Waals surface area contributed by atoms with Crippen molar-refractivity contribution in [3.8, 4) is 0 Å². The van der Waals surface area contributed by atoms with Crippen molar-refractivity contribution in [1.29, 1.82) is 0 Å². The molecule has 1 aromatic rings. The van der Waals surface area contributed by atoms with Gasteiger partial charge in [0.05, 0.1) is 11.3 Å². The fourth-order valence-electron chi connectivity index (χ4n) is 1.47. The summed E-state index contributed by atoms with van der Waals surface area (Å²) >= 11 is 0. The van der Waals surface area contributed by atoms with Crippen molar-refractivity contribution in [2.24, 2.45) is 10.9 Å². The Bertz CT molecular complexity index is 700. The summed E-state index contributed by atoms with van der Waals surface area (Å²) in [7, 11) is 0. The van der Waals surface area contributed by atoms with Crippen LogP contribution >= 0.6 is 0 Å². The molecule has 2 amide bonds. The first kappa shape index (κ1) is 24.1. The number of alkyl halides is 3. The first-order chi connectivity index (χ1) is 12.2. The van der Waals surface area contributed by atoms with Gasteiger partial charge in [-0.3, -0.25) is 5.43 Å². The number of rotatable bonds is 2. The van der Waals surface area contributed by atoms with Gasteiger partial charge >= 0.3 is 18.4 Å². The van der Waals surface area contributed by atoms with E-state index < -0.39 is 35.3 Å². The number of halogens is 4. The van der Waals surface area contributed by atoms with Gasteiger partial charge < -0.3 is 9.84 Å². The lowest BCUT2D eigenvalue weighted by atomic mass is 10.1. The lowest BCUT2D eigenvalue weighted by molar-refractivity contribution is -0.140. The highest BCUT2D eigenvalue weighted by atomic mass is 19.4. The predicted octanol–water partition coefficient (Wildman–Crippen LogP) is 3.22. The molecule has 0 aliphatic heterocycles. The second kappa shape index (κ2) is 9.71. The van der Waals surface area contributed by atoms with E-state index in [0.717, 1.165) is 6.07 Å². The van der Waals surface area contributed by atoms with Gasteiger partial charge in [-0.2, -0.15) is 18.3 Å². The van der Waals surface area contributed by atoms with Gasteiger partial charge in [-0.25, -0.2) is 25.2 Å². The highest BCUT2D eigenvalue weighted by Gasteiger charge is 2.33. The maximum Gasteiger partial charge on any atom is 0.425 e. The zero-order chi connectivity index (χ0) is 21.4. The Balaban J connectivity index is 0.000000636. The average molecular weight is 396 g/mol. The normalized spacial score (nSPS) is 11.8. The number of ether oxygens (including phenoxy) is 1. The SMILES string of the molecule is CC(=NNC(=O)O)c1ccc(C(F)(F)F)c(F)c1.CC(C)(C)OC(=O)NN. The Kier molecular flexibility index (Phi) is 8.67. The van der Waals surface area contributed by atoms with Crippen LogP contribution in [0.2, 0.25) is 0 Å². The monoisotopic (exact) mass is 396 g/mol. The largest absolute Gasteiger partial charge is 0.464 e. The molecule has 0 saturated carbocycles. The van der Waals surface area contributed by atoms with Gasteiger partial charge in [0.2, 0.25) is 0 Å². The first-order valence-corrected chi connectivity index (χ1v) is 7.27. The number of carbonyl (C=O) groups excluding carboxylic acids is 1. The minimum Gasteiger partial charge on any atom is -0.464 e. The number of carboxylic acid groups (broad SMARTS) is 1. The van der Waals surface area contributed by atoms with E-state index >= 15 is 0 Å². The summed E-state index contributed by atoms with van der Waals surface area (Å²) in [5.41, 5.74) is 1.77. The zero-order valence-corrected chi connectivity index (χ0v) is 14.9. The second-order valence-electron chi connectivity index (χ2n) is 5.95. The summed E-state index contributed by atoms with van der Waals surface area (Å²) in [6.45, 7) is 6.63. The molecule has 8 nitrogen and oxygen atoms in total. The van der Waals surface area contributed by atoms with Crippen LogP contribution in [0.1, 0.15) is 38.8 Å². The smallest absolute Gasteiger partial charge is 0.425 e. The van der Waals surface area contributed by atoms with E-state index in [0.29, 0.717) is 12.1 Å². The third-order valence-electron chi connectivity index (χ3n) is 2.53. The molecule has 0 atom stereocenters. The molecule has 0 aliphatic rings. The molecule has 0 bridgehead atoms. The molecule has 5 N–H and O–H groups in total. The van der Waals surface area contributed by atoms with Gasteiger partial charge in [-0.05, 0) is 39.8 Å². The highest BCUT2D eigenvalue weighted by molar-refractivity contribution is 5.99. The van der Waals surface area contributed by atoms with E-state index in [4.69, 9.17) is 15.7 Å². The number of carbonyl (C=O) groups is 2. The van der Waals surface area contributed by atoms with Gasteiger partial charge in [0.25, 0.3) is 0 Å². The predicted molar refractivity (Wildman–Crippen MR) is 88.3 cm³/mol. The van der Waals surface area contributed by atoms with Crippen molar-refractivity contribution in [1.82, 2.24) is 10.9 Å². The molecule has 1 rings (SSSR count). The molecule has 0 radical (unpaired) electrons. The van der Waals surface area contributed by atoms with Crippen LogP contribution in [0.5, 0.6) is 0 Å². The van der Waals surface area contributed by atoms with Crippen LogP contribution in [0, 0.1) is 5.82 Å². The molecule has 0 aliphatic carbocycles. The molecule has 152 valence electrons. The van der Waals surface area contributed by atoms with E-state index in [-0.39, 0.29) is 11.3 Å². The average Bonchev–Trinajstić information content (AvgIpc) is 2.50. The number of nitrogens with two attached hydrogens (primary N) is 1. The third kappa shape index (κ3) is 9.99.